The molecular weight excluding hydrogens is 1620 g/mol. The third-order valence-corrected chi connectivity index (χ3v) is 18.7. The average Bonchev–Trinajstić information content (AvgIpc) is 0.858. The normalized spacial score (nSPS) is 15.0. The molecule has 121 heavy (non-hydrogen) atoms. The monoisotopic (exact) mass is 1730 g/mol. The van der Waals surface area contributed by atoms with Crippen molar-refractivity contribution >= 4 is 137 Å². The average molecular weight is 1730 g/mol. The molecule has 0 heterocycles. The highest BCUT2D eigenvalue weighted by atomic mass is 32.1. The van der Waals surface area contributed by atoms with Crippen LogP contribution < -0.4 is 86.3 Å². The first kappa shape index (κ1) is 104. The van der Waals surface area contributed by atoms with E-state index in [-0.39, 0.29) is 44.4 Å². The van der Waals surface area contributed by atoms with Crippen LogP contribution in [-0.2, 0) is 114 Å². The molecule has 0 aliphatic rings. The molecule has 0 radical (unpaired) electrons. The van der Waals surface area contributed by atoms with Gasteiger partial charge in [-0.25, -0.2) is 4.79 Å². The Morgan fingerprint density at radius 2 is 0.678 bits per heavy atom. The van der Waals surface area contributed by atoms with E-state index < -0.39 is 310 Å². The third kappa shape index (κ3) is 39.2. The number of carboxylic acid groups (broad SMARTS) is 7. The van der Waals surface area contributed by atoms with Crippen LogP contribution in [0.4, 0.5) is 0 Å². The Labute approximate surface area is 697 Å². The van der Waals surface area contributed by atoms with E-state index in [2.05, 4.69) is 71.1 Å². The van der Waals surface area contributed by atoms with E-state index in [4.69, 9.17) is 22.3 Å². The maximum atomic E-state index is 14.6. The van der Waals surface area contributed by atoms with E-state index in [1.54, 1.807) is 49.5 Å². The summed E-state index contributed by atoms with van der Waals surface area (Å²) in [6.07, 6.45) is -12.7. The van der Waals surface area contributed by atoms with Crippen LogP contribution in [0.2, 0.25) is 0 Å². The molecule has 16 atom stereocenters. The molecule has 0 spiro atoms. The Kier molecular flexibility index (Phi) is 45.7. The minimum absolute atomic E-state index is 0.0368. The molecule has 0 fully saturated rings. The van der Waals surface area contributed by atoms with Crippen molar-refractivity contribution in [2.75, 3.05) is 12.3 Å². The molecule has 0 unspecified atom stereocenters. The second-order valence-electron chi connectivity index (χ2n) is 28.5. The Balaban J connectivity index is 2.59. The van der Waals surface area contributed by atoms with Gasteiger partial charge in [-0.15, -0.1) is 0 Å². The maximum absolute atomic E-state index is 14.6. The maximum Gasteiger partial charge on any atom is 0.326 e. The van der Waals surface area contributed by atoms with Gasteiger partial charge in [-0.1, -0.05) is 76.6 Å². The van der Waals surface area contributed by atoms with Crippen LogP contribution >= 0.6 is 12.6 Å². The van der Waals surface area contributed by atoms with Crippen molar-refractivity contribution in [1.29, 1.82) is 0 Å². The number of unbranched alkanes of at least 4 members (excludes halogenated alkanes) is 1. The number of phenolic OH excluding ortho intramolecular Hbond substituents is 1. The highest BCUT2D eigenvalue weighted by Gasteiger charge is 2.40. The molecule has 47 heteroatoms. The SMILES string of the molecule is CC[C@H](C)[C@H](NC(=O)[C@H](Cc1ccc(O)cc1)NC(=O)[C@@H](N)[C@@H](C)O)C(=O)N[C@@H](CS)C(=O)N[C@@H](Cc1ccccc1)C(=O)N[C@H](C(=O)N[C@@H](CCC(=O)O)C(=O)N[C@@H](CC(=O)O)C(=O)N[C@@H](CCC(N)=O)C(=O)N[C@@H](CCCCN)C(=O)N[C@@H](CCC(=O)O)C(=O)N[C@@H](CCC(=O)O)C(=O)N[C@@H](CC(=O)O)C(=O)N[C@@H](CC(=O)O)C(=O)O)C(C)C. The second-order valence-corrected chi connectivity index (χ2v) is 28.9. The number of primary amides is 1. The number of benzene rings is 2. The van der Waals surface area contributed by atoms with Crippen molar-refractivity contribution in [1.82, 2.24) is 69.1 Å². The van der Waals surface area contributed by atoms with E-state index in [0.29, 0.717) is 11.1 Å². The van der Waals surface area contributed by atoms with Crippen LogP contribution in [0.1, 0.15) is 142 Å². The zero-order valence-electron chi connectivity index (χ0n) is 66.7. The van der Waals surface area contributed by atoms with Gasteiger partial charge in [-0.05, 0) is 93.5 Å². The van der Waals surface area contributed by atoms with Crippen molar-refractivity contribution in [3.63, 3.8) is 0 Å². The van der Waals surface area contributed by atoms with Gasteiger partial charge in [0.1, 0.15) is 90.3 Å². The fraction of sp³-hybridized carbons (Fsp3) is 0.554. The van der Waals surface area contributed by atoms with Crippen molar-refractivity contribution in [3.8, 4) is 5.75 Å². The van der Waals surface area contributed by atoms with Gasteiger partial charge in [0.25, 0.3) is 0 Å². The minimum atomic E-state index is -2.28. The van der Waals surface area contributed by atoms with E-state index >= 15 is 0 Å². The lowest BCUT2D eigenvalue weighted by atomic mass is 9.96. The molecular formula is C74H108N16O30S. The number of amides is 14. The number of aliphatic carboxylic acids is 7. The molecule has 2 rings (SSSR count). The number of hydrogen-bond donors (Lipinski definition) is 26. The number of hydrogen-bond acceptors (Lipinski definition) is 26. The first-order chi connectivity index (χ1) is 56.7. The summed E-state index contributed by atoms with van der Waals surface area (Å²) in [5.41, 5.74) is 17.8. The predicted molar refractivity (Wildman–Crippen MR) is 421 cm³/mol. The number of nitrogens with one attached hydrogen (secondary N) is 13. The molecule has 2 aromatic carbocycles. The van der Waals surface area contributed by atoms with Crippen LogP contribution in [0, 0.1) is 11.8 Å². The highest BCUT2D eigenvalue weighted by Crippen LogP contribution is 2.17. The fourth-order valence-corrected chi connectivity index (χ4v) is 11.6. The lowest BCUT2D eigenvalue weighted by molar-refractivity contribution is -0.148. The van der Waals surface area contributed by atoms with E-state index in [9.17, 15) is 142 Å². The number of rotatable bonds is 58. The molecule has 0 aromatic heterocycles. The summed E-state index contributed by atoms with van der Waals surface area (Å²) in [6.45, 7) is 7.35. The number of carboxylic acids is 7. The number of carbonyl (C=O) groups excluding carboxylic acids is 14. The Hall–Kier alpha value is -12.7. The molecule has 0 bridgehead atoms. The van der Waals surface area contributed by atoms with Crippen LogP contribution in [-0.4, -0.2) is 273 Å². The van der Waals surface area contributed by atoms with Crippen LogP contribution in [0.5, 0.6) is 5.75 Å². The molecule has 0 saturated heterocycles. The smallest absolute Gasteiger partial charge is 0.326 e. The summed E-state index contributed by atoms with van der Waals surface area (Å²) >= 11 is 4.30. The zero-order valence-corrected chi connectivity index (χ0v) is 67.6. The van der Waals surface area contributed by atoms with Crippen molar-refractivity contribution in [2.45, 2.75) is 234 Å². The minimum Gasteiger partial charge on any atom is -0.508 e. The molecule has 28 N–H and O–H groups in total. The van der Waals surface area contributed by atoms with E-state index in [1.807, 2.05) is 5.32 Å². The van der Waals surface area contributed by atoms with Gasteiger partial charge >= 0.3 is 41.8 Å². The van der Waals surface area contributed by atoms with Gasteiger partial charge in [0, 0.05) is 44.3 Å². The number of aliphatic hydroxyl groups excluding tert-OH is 1. The van der Waals surface area contributed by atoms with Crippen LogP contribution in [0.3, 0.4) is 0 Å². The first-order valence-electron chi connectivity index (χ1n) is 38.1. The molecule has 46 nitrogen and oxygen atoms in total. The molecule has 0 aliphatic heterocycles. The highest BCUT2D eigenvalue weighted by molar-refractivity contribution is 7.80. The number of aromatic hydroxyl groups is 1. The van der Waals surface area contributed by atoms with Crippen molar-refractivity contribution < 1.29 is 147 Å². The van der Waals surface area contributed by atoms with Crippen LogP contribution in [0.25, 0.3) is 0 Å². The van der Waals surface area contributed by atoms with Gasteiger partial charge < -0.3 is 132 Å². The number of thiol groups is 1. The summed E-state index contributed by atoms with van der Waals surface area (Å²) < 4.78 is 0. The molecule has 0 aliphatic carbocycles. The van der Waals surface area contributed by atoms with E-state index in [1.165, 1.54) is 45.0 Å². The van der Waals surface area contributed by atoms with Gasteiger partial charge in [-0.3, -0.25) is 95.9 Å². The van der Waals surface area contributed by atoms with Gasteiger partial charge in [0.15, 0.2) is 0 Å². The first-order valence-corrected chi connectivity index (χ1v) is 38.7. The molecule has 0 saturated carbocycles. The molecule has 2 aromatic rings. The fourth-order valence-electron chi connectivity index (χ4n) is 11.3. The number of aliphatic hydroxyl groups is 1. The van der Waals surface area contributed by atoms with Crippen LogP contribution in [0.15, 0.2) is 54.6 Å². The lowest BCUT2D eigenvalue weighted by Gasteiger charge is -2.30. The Bertz CT molecular complexity index is 3990. The third-order valence-electron chi connectivity index (χ3n) is 18.4. The summed E-state index contributed by atoms with van der Waals surface area (Å²) in [5, 5.41) is 116. The second kappa shape index (κ2) is 53.0. The summed E-state index contributed by atoms with van der Waals surface area (Å²) in [5.74, 6) is -31.6. The summed E-state index contributed by atoms with van der Waals surface area (Å²) in [6, 6.07) is -12.4. The number of carbonyl (C=O) groups is 21. The number of phenols is 1. The number of nitrogens with two attached hydrogens (primary N) is 3. The summed E-state index contributed by atoms with van der Waals surface area (Å²) in [7, 11) is 0. The van der Waals surface area contributed by atoms with Crippen molar-refractivity contribution in [3.05, 3.63) is 65.7 Å². The quantitative estimate of drug-likeness (QED) is 0.0216. The zero-order chi connectivity index (χ0) is 91.7. The largest absolute Gasteiger partial charge is 0.508 e. The molecule has 670 valence electrons. The van der Waals surface area contributed by atoms with E-state index in [0.717, 1.165) is 0 Å². The Morgan fingerprint density at radius 3 is 1.04 bits per heavy atom. The van der Waals surface area contributed by atoms with Gasteiger partial charge in [-0.2, -0.15) is 12.6 Å². The predicted octanol–water partition coefficient (Wildman–Crippen LogP) is -6.68. The van der Waals surface area contributed by atoms with Gasteiger partial charge in [0.05, 0.1) is 25.4 Å². The Morgan fingerprint density at radius 1 is 0.364 bits per heavy atom. The topological polar surface area (TPSA) is 775 Å². The standard InChI is InChI=1S/C74H108N16O30S/c1-6-35(4)60(90-69(114)46(86-71(116)58(77)36(5)91)29-38-15-17-39(92)18-16-38)73(118)88-50(33-121)70(115)83-45(28-37-12-8-7-9-13-37)68(113)89-59(34(2)3)72(117)82-44(22-26-54(98)99)65(110)84-47(30-55(100)101)66(111)81-41(19-23-51(76)93)62(107)78-40(14-10-11-27-75)61(106)79-42(20-24-52(94)95)63(108)80-43(21-25-53(96)97)64(109)85-48(31-56(102)103)67(112)87-49(74(119)120)32-57(104)105/h7-9,12-13,15-18,34-36,40-50,58-60,91-92,121H,6,10-11,14,19-33,75,77H2,1-5H3,(H2,76,93)(H,78,107)(H,79,106)(H,80,108)(H,81,111)(H,82,117)(H,83,115)(H,84,110)(H,85,109)(H,86,116)(H,87,112)(H,88,118)(H,89,113)(H,90,114)(H,94,95)(H,96,97)(H,98,99)(H,100,101)(H,102,103)(H,104,105)(H,119,120)/t35-,36+,40-,41-,42-,43-,44-,45-,46-,47-,48-,49-,50-,58-,59-,60-/m0/s1. The summed E-state index contributed by atoms with van der Waals surface area (Å²) in [4.78, 5) is 279. The van der Waals surface area contributed by atoms with Gasteiger partial charge in [0.2, 0.25) is 82.7 Å². The lowest BCUT2D eigenvalue weighted by Crippen LogP contribution is -2.62. The van der Waals surface area contributed by atoms with Crippen molar-refractivity contribution in [2.24, 2.45) is 29.0 Å². The molecule has 14 amide bonds.